The first kappa shape index (κ1) is 24.6. The van der Waals surface area contributed by atoms with Gasteiger partial charge >= 0.3 is 5.97 Å². The molecule has 0 saturated heterocycles. The fourth-order valence-electron chi connectivity index (χ4n) is 3.08. The topological polar surface area (TPSA) is 105 Å². The summed E-state index contributed by atoms with van der Waals surface area (Å²) in [4.78, 5) is 25.3. The number of hydrogen-bond donors (Lipinski definition) is 1. The van der Waals surface area contributed by atoms with Crippen LogP contribution >= 0.6 is 23.1 Å². The maximum atomic E-state index is 12.5. The Labute approximate surface area is 200 Å². The van der Waals surface area contributed by atoms with Gasteiger partial charge in [0.25, 0.3) is 0 Å². The number of aromatic nitrogens is 3. The lowest BCUT2D eigenvalue weighted by Gasteiger charge is -2.15. The van der Waals surface area contributed by atoms with E-state index in [0.29, 0.717) is 33.8 Å². The van der Waals surface area contributed by atoms with Crippen molar-refractivity contribution in [3.05, 3.63) is 46.6 Å². The molecule has 0 bridgehead atoms. The van der Waals surface area contributed by atoms with Gasteiger partial charge < -0.3 is 24.1 Å². The number of hydrogen-bond acceptors (Lipinski definition) is 9. The molecule has 2 heterocycles. The molecule has 3 aromatic rings. The monoisotopic (exact) mass is 490 g/mol. The molecule has 9 nitrogen and oxygen atoms in total. The molecular weight excluding hydrogens is 464 g/mol. The number of nitrogens with zero attached hydrogens (tertiary/aromatic N) is 3. The SMILES string of the molecule is CCn1c(SCC(=O)Nc2sc(C)cc2C(=O)OC)nnc1C(C)Oc1ccc(OC)cc1. The molecule has 2 aromatic heterocycles. The third-order valence-electron chi connectivity index (χ3n) is 4.64. The third kappa shape index (κ3) is 6.05. The number of aryl methyl sites for hydroxylation is 1. The van der Waals surface area contributed by atoms with Gasteiger partial charge in [0.2, 0.25) is 5.91 Å². The van der Waals surface area contributed by atoms with Crippen molar-refractivity contribution in [2.24, 2.45) is 0 Å². The number of nitrogens with one attached hydrogen (secondary N) is 1. The fraction of sp³-hybridized carbons (Fsp3) is 0.364. The summed E-state index contributed by atoms with van der Waals surface area (Å²) in [6.45, 7) is 6.37. The summed E-state index contributed by atoms with van der Waals surface area (Å²) in [7, 11) is 2.92. The Kier molecular flexibility index (Phi) is 8.34. The van der Waals surface area contributed by atoms with Gasteiger partial charge in [-0.25, -0.2) is 4.79 Å². The molecule has 1 atom stereocenters. The predicted molar refractivity (Wildman–Crippen MR) is 127 cm³/mol. The van der Waals surface area contributed by atoms with Gasteiger partial charge in [-0.2, -0.15) is 0 Å². The standard InChI is InChI=1S/C22H26N4O5S2/c1-6-26-19(14(3)31-16-9-7-15(29-4)8-10-16)24-25-22(26)32-12-18(27)23-20-17(21(28)30-5)11-13(2)33-20/h7-11,14H,6,12H2,1-5H3,(H,23,27). The van der Waals surface area contributed by atoms with Gasteiger partial charge in [-0.05, 0) is 51.1 Å². The molecule has 0 saturated carbocycles. The number of methoxy groups -OCH3 is 2. The largest absolute Gasteiger partial charge is 0.497 e. The van der Waals surface area contributed by atoms with E-state index < -0.39 is 5.97 Å². The molecule has 0 aliphatic heterocycles. The van der Waals surface area contributed by atoms with Crippen LogP contribution in [0, 0.1) is 6.92 Å². The van der Waals surface area contributed by atoms with Crippen molar-refractivity contribution >= 4 is 40.0 Å². The molecule has 0 aliphatic rings. The second-order valence-electron chi connectivity index (χ2n) is 6.95. The van der Waals surface area contributed by atoms with Crippen molar-refractivity contribution in [1.82, 2.24) is 14.8 Å². The Morgan fingerprint density at radius 2 is 1.88 bits per heavy atom. The molecule has 0 fully saturated rings. The number of thiophene rings is 1. The van der Waals surface area contributed by atoms with E-state index in [9.17, 15) is 9.59 Å². The Morgan fingerprint density at radius 3 is 2.52 bits per heavy atom. The van der Waals surface area contributed by atoms with E-state index in [2.05, 4.69) is 15.5 Å². The number of carbonyl (C=O) groups is 2. The predicted octanol–water partition coefficient (Wildman–Crippen LogP) is 4.33. The normalized spacial score (nSPS) is 11.7. The summed E-state index contributed by atoms with van der Waals surface area (Å²) < 4.78 is 17.9. The zero-order valence-corrected chi connectivity index (χ0v) is 20.7. The van der Waals surface area contributed by atoms with E-state index in [1.165, 1.54) is 30.2 Å². The minimum absolute atomic E-state index is 0.114. The third-order valence-corrected chi connectivity index (χ3v) is 6.58. The summed E-state index contributed by atoms with van der Waals surface area (Å²) in [6.07, 6.45) is -0.342. The average molecular weight is 491 g/mol. The van der Waals surface area contributed by atoms with Crippen molar-refractivity contribution in [2.45, 2.75) is 38.6 Å². The molecule has 1 amide bonds. The lowest BCUT2D eigenvalue weighted by Crippen LogP contribution is -2.16. The molecule has 0 aliphatic carbocycles. The average Bonchev–Trinajstić information content (AvgIpc) is 3.40. The van der Waals surface area contributed by atoms with Crippen LogP contribution in [-0.2, 0) is 16.1 Å². The van der Waals surface area contributed by atoms with Crippen molar-refractivity contribution in [3.8, 4) is 11.5 Å². The minimum atomic E-state index is -0.483. The Hall–Kier alpha value is -3.05. The number of thioether (sulfide) groups is 1. The van der Waals surface area contributed by atoms with E-state index in [0.717, 1.165) is 10.6 Å². The summed E-state index contributed by atoms with van der Waals surface area (Å²) >= 11 is 2.60. The number of esters is 1. The van der Waals surface area contributed by atoms with Gasteiger partial charge in [0, 0.05) is 11.4 Å². The molecule has 0 radical (unpaired) electrons. The summed E-state index contributed by atoms with van der Waals surface area (Å²) in [5, 5.41) is 12.4. The van der Waals surface area contributed by atoms with Crippen LogP contribution in [0.2, 0.25) is 0 Å². The highest BCUT2D eigenvalue weighted by atomic mass is 32.2. The fourth-order valence-corrected chi connectivity index (χ4v) is 4.80. The molecular formula is C22H26N4O5S2. The van der Waals surface area contributed by atoms with E-state index >= 15 is 0 Å². The quantitative estimate of drug-likeness (QED) is 0.331. The molecule has 176 valence electrons. The Bertz CT molecular complexity index is 1110. The number of ether oxygens (including phenoxy) is 3. The van der Waals surface area contributed by atoms with Crippen LogP contribution in [0.25, 0.3) is 0 Å². The van der Waals surface area contributed by atoms with Crippen LogP contribution in [0.3, 0.4) is 0 Å². The summed E-state index contributed by atoms with van der Waals surface area (Å²) in [6, 6.07) is 9.01. The second kappa shape index (κ2) is 11.2. The van der Waals surface area contributed by atoms with Crippen LogP contribution < -0.4 is 14.8 Å². The van der Waals surface area contributed by atoms with E-state index in [-0.39, 0.29) is 17.8 Å². The van der Waals surface area contributed by atoms with Gasteiger partial charge in [-0.1, -0.05) is 11.8 Å². The van der Waals surface area contributed by atoms with Crippen LogP contribution in [0.1, 0.15) is 41.0 Å². The van der Waals surface area contributed by atoms with Gasteiger partial charge in [0.1, 0.15) is 16.5 Å². The van der Waals surface area contributed by atoms with E-state index in [1.54, 1.807) is 13.2 Å². The molecule has 1 unspecified atom stereocenters. The van der Waals surface area contributed by atoms with E-state index in [4.69, 9.17) is 14.2 Å². The van der Waals surface area contributed by atoms with Crippen LogP contribution in [-0.4, -0.2) is 46.6 Å². The summed E-state index contributed by atoms with van der Waals surface area (Å²) in [5.41, 5.74) is 0.349. The van der Waals surface area contributed by atoms with Crippen molar-refractivity contribution < 1.29 is 23.8 Å². The zero-order valence-electron chi connectivity index (χ0n) is 19.1. The first-order valence-corrected chi connectivity index (χ1v) is 12.0. The maximum Gasteiger partial charge on any atom is 0.340 e. The molecule has 3 rings (SSSR count). The van der Waals surface area contributed by atoms with Crippen molar-refractivity contribution in [3.63, 3.8) is 0 Å². The highest BCUT2D eigenvalue weighted by Gasteiger charge is 2.21. The zero-order chi connectivity index (χ0) is 24.0. The molecule has 33 heavy (non-hydrogen) atoms. The number of anilines is 1. The molecule has 1 aromatic carbocycles. The van der Waals surface area contributed by atoms with Crippen LogP contribution in [0.4, 0.5) is 5.00 Å². The smallest absolute Gasteiger partial charge is 0.340 e. The summed E-state index contributed by atoms with van der Waals surface area (Å²) in [5.74, 6) is 1.49. The van der Waals surface area contributed by atoms with Crippen LogP contribution in [0.15, 0.2) is 35.5 Å². The maximum absolute atomic E-state index is 12.5. The molecule has 0 spiro atoms. The van der Waals surface area contributed by atoms with Gasteiger partial charge in [0.15, 0.2) is 17.1 Å². The highest BCUT2D eigenvalue weighted by molar-refractivity contribution is 7.99. The highest BCUT2D eigenvalue weighted by Crippen LogP contribution is 2.29. The first-order chi connectivity index (χ1) is 15.9. The van der Waals surface area contributed by atoms with Gasteiger partial charge in [-0.3, -0.25) is 4.79 Å². The van der Waals surface area contributed by atoms with E-state index in [1.807, 2.05) is 49.6 Å². The number of amides is 1. The number of rotatable bonds is 10. The van der Waals surface area contributed by atoms with Gasteiger partial charge in [-0.15, -0.1) is 21.5 Å². The lowest BCUT2D eigenvalue weighted by molar-refractivity contribution is -0.113. The van der Waals surface area contributed by atoms with Crippen LogP contribution in [0.5, 0.6) is 11.5 Å². The molecule has 1 N–H and O–H groups in total. The van der Waals surface area contributed by atoms with Crippen molar-refractivity contribution in [2.75, 3.05) is 25.3 Å². The second-order valence-corrected chi connectivity index (χ2v) is 9.15. The molecule has 11 heteroatoms. The van der Waals surface area contributed by atoms with Gasteiger partial charge in [0.05, 0.1) is 25.5 Å². The Balaban J connectivity index is 1.64. The minimum Gasteiger partial charge on any atom is -0.497 e. The van der Waals surface area contributed by atoms with Crippen molar-refractivity contribution in [1.29, 1.82) is 0 Å². The lowest BCUT2D eigenvalue weighted by atomic mass is 10.3. The number of benzene rings is 1. The first-order valence-electron chi connectivity index (χ1n) is 10.2. The number of carbonyl (C=O) groups excluding carboxylic acids is 2. The Morgan fingerprint density at radius 1 is 1.18 bits per heavy atom.